The van der Waals surface area contributed by atoms with Gasteiger partial charge >= 0.3 is 0 Å². The monoisotopic (exact) mass is 274 g/mol. The summed E-state index contributed by atoms with van der Waals surface area (Å²) >= 11 is 6.17. The van der Waals surface area contributed by atoms with Crippen molar-refractivity contribution in [3.8, 4) is 0 Å². The van der Waals surface area contributed by atoms with Gasteiger partial charge in [-0.05, 0) is 24.1 Å². The number of nitro benzene ring substituents is 1. The molecule has 3 rings (SSSR count). The number of para-hydroxylation sites is 1. The molecule has 0 N–H and O–H groups in total. The van der Waals surface area contributed by atoms with Crippen molar-refractivity contribution in [1.29, 1.82) is 0 Å². The van der Waals surface area contributed by atoms with E-state index >= 15 is 0 Å². The molecule has 96 valence electrons. The Hall–Kier alpha value is -2.07. The molecule has 0 saturated heterocycles. The number of nitrogens with zero attached hydrogens (tertiary/aromatic N) is 2. The summed E-state index contributed by atoms with van der Waals surface area (Å²) in [6.07, 6.45) is 0.962. The highest BCUT2D eigenvalue weighted by Gasteiger charge is 2.22. The van der Waals surface area contributed by atoms with Crippen molar-refractivity contribution in [1.82, 2.24) is 0 Å². The zero-order valence-corrected chi connectivity index (χ0v) is 10.8. The first-order chi connectivity index (χ1) is 9.16. The number of anilines is 2. The zero-order chi connectivity index (χ0) is 13.4. The minimum absolute atomic E-state index is 0.0150. The van der Waals surface area contributed by atoms with Gasteiger partial charge < -0.3 is 4.90 Å². The number of fused-ring (bicyclic) bond motifs is 1. The molecule has 1 aliphatic rings. The average molecular weight is 275 g/mol. The number of hydrogen-bond acceptors (Lipinski definition) is 3. The van der Waals surface area contributed by atoms with Crippen LogP contribution < -0.4 is 4.90 Å². The Morgan fingerprint density at radius 3 is 2.68 bits per heavy atom. The second-order valence-corrected chi connectivity index (χ2v) is 4.83. The summed E-state index contributed by atoms with van der Waals surface area (Å²) in [4.78, 5) is 12.4. The Morgan fingerprint density at radius 1 is 1.16 bits per heavy atom. The van der Waals surface area contributed by atoms with E-state index in [1.54, 1.807) is 6.07 Å². The normalized spacial score (nSPS) is 13.4. The molecule has 2 aromatic carbocycles. The molecule has 1 aliphatic heterocycles. The highest BCUT2D eigenvalue weighted by Crippen LogP contribution is 2.39. The predicted molar refractivity (Wildman–Crippen MR) is 75.3 cm³/mol. The molecule has 1 heterocycles. The fraction of sp³-hybridized carbons (Fsp3) is 0.143. The molecule has 19 heavy (non-hydrogen) atoms. The molecule has 0 amide bonds. The molecule has 0 spiro atoms. The quantitative estimate of drug-likeness (QED) is 0.615. The second-order valence-electron chi connectivity index (χ2n) is 4.42. The van der Waals surface area contributed by atoms with Crippen LogP contribution in [0.15, 0.2) is 42.5 Å². The van der Waals surface area contributed by atoms with Gasteiger partial charge in [-0.15, -0.1) is 0 Å². The smallest absolute Gasteiger partial charge is 0.271 e. The average Bonchev–Trinajstić information content (AvgIpc) is 2.82. The third-order valence-corrected chi connectivity index (χ3v) is 3.62. The number of benzene rings is 2. The molecule has 0 radical (unpaired) electrons. The highest BCUT2D eigenvalue weighted by molar-refractivity contribution is 6.33. The van der Waals surface area contributed by atoms with Gasteiger partial charge in [-0.2, -0.15) is 0 Å². The number of non-ortho nitro benzene ring substituents is 1. The summed E-state index contributed by atoms with van der Waals surface area (Å²) in [5, 5.41) is 11.1. The van der Waals surface area contributed by atoms with Gasteiger partial charge in [-0.3, -0.25) is 10.1 Å². The topological polar surface area (TPSA) is 46.4 Å². The Balaban J connectivity index is 2.03. The maximum absolute atomic E-state index is 10.7. The number of hydrogen-bond donors (Lipinski definition) is 0. The summed E-state index contributed by atoms with van der Waals surface area (Å²) in [7, 11) is 0. The summed E-state index contributed by atoms with van der Waals surface area (Å²) < 4.78 is 0. The van der Waals surface area contributed by atoms with E-state index in [-0.39, 0.29) is 5.69 Å². The van der Waals surface area contributed by atoms with Crippen molar-refractivity contribution >= 4 is 28.7 Å². The lowest BCUT2D eigenvalue weighted by molar-refractivity contribution is -0.384. The molecule has 0 bridgehead atoms. The van der Waals surface area contributed by atoms with E-state index in [4.69, 9.17) is 11.6 Å². The van der Waals surface area contributed by atoms with Crippen molar-refractivity contribution < 1.29 is 4.92 Å². The molecule has 2 aromatic rings. The SMILES string of the molecule is O=[N+]([O-])c1ccc(N2CCc3ccccc32)c(Cl)c1. The van der Waals surface area contributed by atoms with Crippen molar-refractivity contribution in [2.75, 3.05) is 11.4 Å². The lowest BCUT2D eigenvalue weighted by Gasteiger charge is -2.20. The van der Waals surface area contributed by atoms with Gasteiger partial charge in [-0.1, -0.05) is 29.8 Å². The summed E-state index contributed by atoms with van der Waals surface area (Å²) in [5.74, 6) is 0. The number of halogens is 1. The van der Waals surface area contributed by atoms with E-state index in [2.05, 4.69) is 11.0 Å². The summed E-state index contributed by atoms with van der Waals surface area (Å²) in [6.45, 7) is 0.844. The van der Waals surface area contributed by atoms with Gasteiger partial charge in [0.2, 0.25) is 0 Å². The highest BCUT2D eigenvalue weighted by atomic mass is 35.5. The van der Waals surface area contributed by atoms with E-state index in [1.807, 2.05) is 18.2 Å². The van der Waals surface area contributed by atoms with Crippen LogP contribution in [0.4, 0.5) is 17.1 Å². The fourth-order valence-corrected chi connectivity index (χ4v) is 2.69. The van der Waals surface area contributed by atoms with E-state index in [9.17, 15) is 10.1 Å². The Morgan fingerprint density at radius 2 is 1.95 bits per heavy atom. The molecular weight excluding hydrogens is 264 g/mol. The first-order valence-corrected chi connectivity index (χ1v) is 6.34. The summed E-state index contributed by atoms with van der Waals surface area (Å²) in [5.41, 5.74) is 3.23. The van der Waals surface area contributed by atoms with Gasteiger partial charge in [0.05, 0.1) is 15.6 Å². The second kappa shape index (κ2) is 4.55. The number of rotatable bonds is 2. The van der Waals surface area contributed by atoms with Crippen molar-refractivity contribution in [3.63, 3.8) is 0 Å². The standard InChI is InChI=1S/C14H11ClN2O2/c15-12-9-11(17(18)19)5-6-14(12)16-8-7-10-3-1-2-4-13(10)16/h1-6,9H,7-8H2. The van der Waals surface area contributed by atoms with Crippen LogP contribution in [0.2, 0.25) is 5.02 Å². The Labute approximate surface area is 115 Å². The molecule has 0 atom stereocenters. The Bertz CT molecular complexity index is 658. The van der Waals surface area contributed by atoms with Gasteiger partial charge in [-0.25, -0.2) is 0 Å². The third-order valence-electron chi connectivity index (χ3n) is 3.32. The molecule has 5 heteroatoms. The van der Waals surface area contributed by atoms with Gasteiger partial charge in [0.1, 0.15) is 0 Å². The molecular formula is C14H11ClN2O2. The van der Waals surface area contributed by atoms with Crippen LogP contribution in [0.3, 0.4) is 0 Å². The molecule has 0 aliphatic carbocycles. The van der Waals surface area contributed by atoms with Crippen LogP contribution >= 0.6 is 11.6 Å². The van der Waals surface area contributed by atoms with Crippen molar-refractivity contribution in [2.45, 2.75) is 6.42 Å². The van der Waals surface area contributed by atoms with E-state index < -0.39 is 4.92 Å². The molecule has 4 nitrogen and oxygen atoms in total. The fourth-order valence-electron chi connectivity index (χ4n) is 2.42. The largest absolute Gasteiger partial charge is 0.340 e. The van der Waals surface area contributed by atoms with Crippen molar-refractivity contribution in [2.24, 2.45) is 0 Å². The van der Waals surface area contributed by atoms with E-state index in [0.29, 0.717) is 5.02 Å². The van der Waals surface area contributed by atoms with Gasteiger partial charge in [0.15, 0.2) is 0 Å². The maximum Gasteiger partial charge on any atom is 0.271 e. The lowest BCUT2D eigenvalue weighted by Crippen LogP contribution is -2.13. The van der Waals surface area contributed by atoms with E-state index in [0.717, 1.165) is 24.3 Å². The van der Waals surface area contributed by atoms with Crippen LogP contribution in [-0.4, -0.2) is 11.5 Å². The maximum atomic E-state index is 10.7. The van der Waals surface area contributed by atoms with Crippen molar-refractivity contribution in [3.05, 3.63) is 63.2 Å². The van der Waals surface area contributed by atoms with Crippen LogP contribution in [0.25, 0.3) is 0 Å². The molecule has 0 saturated carbocycles. The Kier molecular flexibility index (Phi) is 2.87. The molecule has 0 fully saturated rings. The van der Waals surface area contributed by atoms with Crippen LogP contribution in [0.5, 0.6) is 0 Å². The van der Waals surface area contributed by atoms with Crippen LogP contribution in [0, 0.1) is 10.1 Å². The van der Waals surface area contributed by atoms with Gasteiger partial charge in [0, 0.05) is 24.4 Å². The summed E-state index contributed by atoms with van der Waals surface area (Å²) in [6, 6.07) is 12.7. The minimum atomic E-state index is -0.437. The van der Waals surface area contributed by atoms with Crippen LogP contribution in [0.1, 0.15) is 5.56 Å². The molecule has 0 aromatic heterocycles. The predicted octanol–water partition coefficient (Wildman–Crippen LogP) is 3.94. The van der Waals surface area contributed by atoms with Gasteiger partial charge in [0.25, 0.3) is 5.69 Å². The third kappa shape index (κ3) is 2.04. The minimum Gasteiger partial charge on any atom is -0.340 e. The first kappa shape index (κ1) is 12.0. The molecule has 0 unspecified atom stereocenters. The van der Waals surface area contributed by atoms with Crippen LogP contribution in [-0.2, 0) is 6.42 Å². The first-order valence-electron chi connectivity index (χ1n) is 5.96. The zero-order valence-electron chi connectivity index (χ0n) is 10.0. The lowest BCUT2D eigenvalue weighted by atomic mass is 10.2. The van der Waals surface area contributed by atoms with E-state index in [1.165, 1.54) is 17.7 Å². The number of nitro groups is 1.